The molecule has 1 amide bonds. The second-order valence-electron chi connectivity index (χ2n) is 9.78. The lowest BCUT2D eigenvalue weighted by Gasteiger charge is -2.40. The van der Waals surface area contributed by atoms with Gasteiger partial charge in [0.05, 0.1) is 5.56 Å². The molecule has 0 saturated carbocycles. The molecule has 33 heavy (non-hydrogen) atoms. The maximum absolute atomic E-state index is 13.9. The minimum atomic E-state index is 0.191. The molecule has 3 nitrogen and oxygen atoms in total. The van der Waals surface area contributed by atoms with Gasteiger partial charge in [-0.1, -0.05) is 72.8 Å². The Kier molecular flexibility index (Phi) is 4.86. The lowest BCUT2D eigenvalue weighted by atomic mass is 9.74. The Hall–Kier alpha value is -3.33. The van der Waals surface area contributed by atoms with E-state index in [2.05, 4.69) is 83.1 Å². The van der Waals surface area contributed by atoms with Crippen LogP contribution < -0.4 is 0 Å². The topological polar surface area (TPSA) is 25.2 Å². The SMILES string of the molecule is Cc1c(C(=O)N2CCC3(CCc4ccccc43)CC2)c2ccccc2n1Cc1ccccc1. The van der Waals surface area contributed by atoms with Crippen molar-refractivity contribution in [2.45, 2.75) is 44.6 Å². The first-order valence-electron chi connectivity index (χ1n) is 12.2. The quantitative estimate of drug-likeness (QED) is 0.381. The molecule has 1 aliphatic heterocycles. The van der Waals surface area contributed by atoms with Crippen molar-refractivity contribution in [1.82, 2.24) is 9.47 Å². The number of hydrogen-bond donors (Lipinski definition) is 0. The zero-order chi connectivity index (χ0) is 22.4. The Balaban J connectivity index is 1.30. The molecule has 0 N–H and O–H groups in total. The summed E-state index contributed by atoms with van der Waals surface area (Å²) >= 11 is 0. The molecular formula is C30H30N2O. The third-order valence-corrected chi connectivity index (χ3v) is 8.10. The molecule has 0 atom stereocenters. The second kappa shape index (κ2) is 7.91. The second-order valence-corrected chi connectivity index (χ2v) is 9.78. The highest BCUT2D eigenvalue weighted by Gasteiger charge is 2.42. The number of carbonyl (C=O) groups is 1. The third kappa shape index (κ3) is 3.30. The molecule has 1 aromatic heterocycles. The standard InChI is InChI=1S/C30H30N2O/c1-22-28(25-12-6-8-14-27(25)32(22)21-23-9-3-2-4-10-23)29(33)31-19-17-30(18-20-31)16-15-24-11-5-7-13-26(24)30/h2-14H,15-21H2,1H3. The van der Waals surface area contributed by atoms with Gasteiger partial charge in [-0.3, -0.25) is 4.79 Å². The van der Waals surface area contributed by atoms with E-state index in [1.165, 1.54) is 29.5 Å². The van der Waals surface area contributed by atoms with Crippen LogP contribution in [0.3, 0.4) is 0 Å². The molecule has 0 radical (unpaired) electrons. The summed E-state index contributed by atoms with van der Waals surface area (Å²) in [6.45, 7) is 4.56. The van der Waals surface area contributed by atoms with Gasteiger partial charge in [-0.25, -0.2) is 0 Å². The number of benzene rings is 3. The molecule has 1 fully saturated rings. The van der Waals surface area contributed by atoms with E-state index in [-0.39, 0.29) is 11.3 Å². The molecule has 0 unspecified atom stereocenters. The lowest BCUT2D eigenvalue weighted by molar-refractivity contribution is 0.0667. The van der Waals surface area contributed by atoms with Crippen molar-refractivity contribution in [1.29, 1.82) is 0 Å². The zero-order valence-electron chi connectivity index (χ0n) is 19.3. The fourth-order valence-electron chi connectivity index (χ4n) is 6.25. The van der Waals surface area contributed by atoms with Crippen LogP contribution in [0, 0.1) is 6.92 Å². The number of nitrogens with zero attached hydrogens (tertiary/aromatic N) is 2. The molecule has 4 aromatic rings. The first kappa shape index (κ1) is 20.3. The Labute approximate surface area is 195 Å². The summed E-state index contributed by atoms with van der Waals surface area (Å²) in [5.74, 6) is 0.191. The summed E-state index contributed by atoms with van der Waals surface area (Å²) < 4.78 is 2.30. The number of fused-ring (bicyclic) bond motifs is 3. The molecule has 2 heterocycles. The number of para-hydroxylation sites is 1. The van der Waals surface area contributed by atoms with Gasteiger partial charge in [-0.2, -0.15) is 0 Å². The molecule has 2 aliphatic rings. The number of likely N-dealkylation sites (tertiary alicyclic amines) is 1. The van der Waals surface area contributed by atoms with Crippen molar-refractivity contribution >= 4 is 16.8 Å². The minimum absolute atomic E-state index is 0.191. The molecular weight excluding hydrogens is 404 g/mol. The van der Waals surface area contributed by atoms with E-state index in [4.69, 9.17) is 0 Å². The number of rotatable bonds is 3. The molecule has 1 aliphatic carbocycles. The fraction of sp³-hybridized carbons (Fsp3) is 0.300. The van der Waals surface area contributed by atoms with E-state index >= 15 is 0 Å². The Morgan fingerprint density at radius 3 is 2.36 bits per heavy atom. The van der Waals surface area contributed by atoms with Gasteiger partial charge in [-0.05, 0) is 60.8 Å². The van der Waals surface area contributed by atoms with Crippen molar-refractivity contribution in [3.8, 4) is 0 Å². The lowest BCUT2D eigenvalue weighted by Crippen LogP contribution is -2.44. The van der Waals surface area contributed by atoms with E-state index in [0.717, 1.165) is 54.6 Å². The Bertz CT molecular complexity index is 1330. The predicted molar refractivity (Wildman–Crippen MR) is 134 cm³/mol. The summed E-state index contributed by atoms with van der Waals surface area (Å²) in [6.07, 6.45) is 4.54. The molecule has 166 valence electrons. The predicted octanol–water partition coefficient (Wildman–Crippen LogP) is 6.12. The van der Waals surface area contributed by atoms with Crippen LogP contribution in [-0.4, -0.2) is 28.5 Å². The van der Waals surface area contributed by atoms with Crippen LogP contribution in [0.5, 0.6) is 0 Å². The highest BCUT2D eigenvalue weighted by Crippen LogP contribution is 2.46. The van der Waals surface area contributed by atoms with Crippen molar-refractivity contribution in [2.75, 3.05) is 13.1 Å². The first-order valence-corrected chi connectivity index (χ1v) is 12.2. The smallest absolute Gasteiger partial charge is 0.256 e. The summed E-state index contributed by atoms with van der Waals surface area (Å²) in [6, 6.07) is 27.8. The van der Waals surface area contributed by atoms with Crippen molar-refractivity contribution < 1.29 is 4.79 Å². The number of hydrogen-bond acceptors (Lipinski definition) is 1. The number of aryl methyl sites for hydroxylation is 1. The molecule has 1 spiro atoms. The van der Waals surface area contributed by atoms with Crippen molar-refractivity contribution in [3.05, 3.63) is 107 Å². The highest BCUT2D eigenvalue weighted by molar-refractivity contribution is 6.08. The number of piperidine rings is 1. The molecule has 3 heteroatoms. The zero-order valence-corrected chi connectivity index (χ0v) is 19.3. The van der Waals surface area contributed by atoms with Gasteiger partial charge in [0.1, 0.15) is 0 Å². The van der Waals surface area contributed by atoms with Crippen LogP contribution in [0.15, 0.2) is 78.9 Å². The maximum atomic E-state index is 13.9. The first-order chi connectivity index (χ1) is 16.2. The molecule has 1 saturated heterocycles. The van der Waals surface area contributed by atoms with Gasteiger partial charge < -0.3 is 9.47 Å². The summed E-state index contributed by atoms with van der Waals surface area (Å²) in [5, 5.41) is 1.07. The molecule has 6 rings (SSSR count). The summed E-state index contributed by atoms with van der Waals surface area (Å²) in [5.41, 5.74) is 7.65. The van der Waals surface area contributed by atoms with Crippen LogP contribution in [0.1, 0.15) is 52.0 Å². The van der Waals surface area contributed by atoms with Gasteiger partial charge in [0, 0.05) is 36.2 Å². The van der Waals surface area contributed by atoms with Crippen LogP contribution in [0.4, 0.5) is 0 Å². The van der Waals surface area contributed by atoms with E-state index in [1.54, 1.807) is 0 Å². The van der Waals surface area contributed by atoms with E-state index < -0.39 is 0 Å². The van der Waals surface area contributed by atoms with Crippen LogP contribution in [0.25, 0.3) is 10.9 Å². The summed E-state index contributed by atoms with van der Waals surface area (Å²) in [4.78, 5) is 16.0. The number of aromatic nitrogens is 1. The van der Waals surface area contributed by atoms with Crippen LogP contribution in [-0.2, 0) is 18.4 Å². The van der Waals surface area contributed by atoms with Crippen molar-refractivity contribution in [3.63, 3.8) is 0 Å². The van der Waals surface area contributed by atoms with Crippen LogP contribution in [0.2, 0.25) is 0 Å². The molecule has 3 aromatic carbocycles. The number of amides is 1. The van der Waals surface area contributed by atoms with Gasteiger partial charge in [0.15, 0.2) is 0 Å². The van der Waals surface area contributed by atoms with Gasteiger partial charge >= 0.3 is 0 Å². The highest BCUT2D eigenvalue weighted by atomic mass is 16.2. The van der Waals surface area contributed by atoms with Crippen molar-refractivity contribution in [2.24, 2.45) is 0 Å². The van der Waals surface area contributed by atoms with E-state index in [0.29, 0.717) is 0 Å². The monoisotopic (exact) mass is 434 g/mol. The summed E-state index contributed by atoms with van der Waals surface area (Å²) in [7, 11) is 0. The molecule has 0 bridgehead atoms. The average Bonchev–Trinajstić information content (AvgIpc) is 3.35. The third-order valence-electron chi connectivity index (χ3n) is 8.10. The minimum Gasteiger partial charge on any atom is -0.340 e. The number of carbonyl (C=O) groups excluding carboxylic acids is 1. The maximum Gasteiger partial charge on any atom is 0.256 e. The van der Waals surface area contributed by atoms with E-state index in [1.807, 2.05) is 12.1 Å². The Morgan fingerprint density at radius 2 is 1.55 bits per heavy atom. The fourth-order valence-corrected chi connectivity index (χ4v) is 6.25. The van der Waals surface area contributed by atoms with Crippen LogP contribution >= 0.6 is 0 Å². The normalized spacial score (nSPS) is 16.9. The van der Waals surface area contributed by atoms with Gasteiger partial charge in [-0.15, -0.1) is 0 Å². The largest absolute Gasteiger partial charge is 0.340 e. The van der Waals surface area contributed by atoms with Gasteiger partial charge in [0.25, 0.3) is 5.91 Å². The van der Waals surface area contributed by atoms with E-state index in [9.17, 15) is 4.79 Å². The Morgan fingerprint density at radius 1 is 0.848 bits per heavy atom. The van der Waals surface area contributed by atoms with Gasteiger partial charge in [0.2, 0.25) is 0 Å². The average molecular weight is 435 g/mol.